The second-order valence-electron chi connectivity index (χ2n) is 8.01. The first kappa shape index (κ1) is 22.2. The third-order valence-corrected chi connectivity index (χ3v) is 6.96. The molecule has 172 valence electrons. The maximum atomic E-state index is 13.4. The third kappa shape index (κ3) is 4.84. The molecule has 1 aliphatic heterocycles. The highest BCUT2D eigenvalue weighted by Crippen LogP contribution is 2.45. The predicted octanol–water partition coefficient (Wildman–Crippen LogP) is 6.14. The average Bonchev–Trinajstić information content (AvgIpc) is 2.99. The number of hydrogen-bond acceptors (Lipinski definition) is 5. The Hall–Kier alpha value is -3.58. The molecule has 0 spiro atoms. The smallest absolute Gasteiger partial charge is 0.304 e. The molecule has 5 nitrogen and oxygen atoms in total. The van der Waals surface area contributed by atoms with Crippen molar-refractivity contribution in [2.24, 2.45) is 0 Å². The zero-order valence-corrected chi connectivity index (χ0v) is 19.1. The van der Waals surface area contributed by atoms with Gasteiger partial charge in [-0.25, -0.2) is 9.37 Å². The van der Waals surface area contributed by atoms with E-state index >= 15 is 0 Å². The maximum absolute atomic E-state index is 13.4. The van der Waals surface area contributed by atoms with Crippen LogP contribution in [0.4, 0.5) is 4.39 Å². The molecule has 2 heterocycles. The number of hydrogen-bond donors (Lipinski definition) is 1. The third-order valence-electron chi connectivity index (χ3n) is 5.68. The van der Waals surface area contributed by atoms with Crippen molar-refractivity contribution in [2.75, 3.05) is 5.75 Å². The molecule has 3 aromatic carbocycles. The number of aromatic nitrogens is 1. The lowest BCUT2D eigenvalue weighted by Crippen LogP contribution is -2.04. The highest BCUT2D eigenvalue weighted by Gasteiger charge is 2.26. The molecule has 1 atom stereocenters. The van der Waals surface area contributed by atoms with Gasteiger partial charge in [-0.2, -0.15) is 0 Å². The van der Waals surface area contributed by atoms with Crippen molar-refractivity contribution in [3.05, 3.63) is 101 Å². The molecule has 1 unspecified atom stereocenters. The first-order chi connectivity index (χ1) is 16.6. The molecule has 0 amide bonds. The molecule has 5 rings (SSSR count). The number of carboxylic acids is 1. The van der Waals surface area contributed by atoms with Crippen molar-refractivity contribution >= 4 is 28.6 Å². The fourth-order valence-electron chi connectivity index (χ4n) is 4.02. The summed E-state index contributed by atoms with van der Waals surface area (Å²) in [6.07, 6.45) is 0.0905. The number of rotatable bonds is 7. The Morgan fingerprint density at radius 2 is 1.97 bits per heavy atom. The highest BCUT2D eigenvalue weighted by molar-refractivity contribution is 7.99. The summed E-state index contributed by atoms with van der Waals surface area (Å²) >= 11 is 1.59. The van der Waals surface area contributed by atoms with Gasteiger partial charge in [0.1, 0.15) is 30.5 Å². The normalized spacial score (nSPS) is 14.6. The summed E-state index contributed by atoms with van der Waals surface area (Å²) in [6.45, 7) is 0.724. The number of carboxylic acid groups (broad SMARTS) is 1. The van der Waals surface area contributed by atoms with E-state index in [2.05, 4.69) is 11.1 Å². The minimum Gasteiger partial charge on any atom is -0.489 e. The number of fused-ring (bicyclic) bond motifs is 3. The van der Waals surface area contributed by atoms with Crippen molar-refractivity contribution in [1.82, 2.24) is 4.98 Å². The molecular formula is C27H22FNO4S. The van der Waals surface area contributed by atoms with Crippen molar-refractivity contribution in [3.8, 4) is 11.5 Å². The minimum atomic E-state index is -0.811. The van der Waals surface area contributed by atoms with Gasteiger partial charge < -0.3 is 14.6 Å². The van der Waals surface area contributed by atoms with E-state index in [1.165, 1.54) is 12.1 Å². The largest absolute Gasteiger partial charge is 0.489 e. The van der Waals surface area contributed by atoms with Crippen LogP contribution in [0.1, 0.15) is 34.1 Å². The Balaban J connectivity index is 1.40. The van der Waals surface area contributed by atoms with Crippen LogP contribution in [0.15, 0.2) is 72.8 Å². The predicted molar refractivity (Wildman–Crippen MR) is 130 cm³/mol. The minimum absolute atomic E-state index is 0.0645. The molecule has 1 aromatic heterocycles. The summed E-state index contributed by atoms with van der Waals surface area (Å²) in [4.78, 5) is 15.6. The van der Waals surface area contributed by atoms with Gasteiger partial charge in [0.15, 0.2) is 0 Å². The number of carbonyl (C=O) groups is 1. The molecule has 0 aliphatic carbocycles. The van der Waals surface area contributed by atoms with E-state index in [-0.39, 0.29) is 24.1 Å². The Kier molecular flexibility index (Phi) is 6.36. The average molecular weight is 476 g/mol. The molecule has 0 saturated heterocycles. The SMILES string of the molecule is O=C(O)CCSC1c2ccccc2COc2ccc(OCc3ccc4cc(F)ccc4n3)cc21. The number of pyridine rings is 1. The van der Waals surface area contributed by atoms with E-state index < -0.39 is 5.97 Å². The summed E-state index contributed by atoms with van der Waals surface area (Å²) in [5.41, 5.74) is 4.62. The van der Waals surface area contributed by atoms with Crippen LogP contribution in [0.5, 0.6) is 11.5 Å². The van der Waals surface area contributed by atoms with E-state index in [0.29, 0.717) is 23.6 Å². The van der Waals surface area contributed by atoms with Crippen LogP contribution in [-0.2, 0) is 18.0 Å². The molecule has 4 aromatic rings. The zero-order valence-electron chi connectivity index (χ0n) is 18.2. The Morgan fingerprint density at radius 1 is 1.09 bits per heavy atom. The fourth-order valence-corrected chi connectivity index (χ4v) is 5.32. The molecule has 7 heteroatoms. The van der Waals surface area contributed by atoms with Crippen LogP contribution >= 0.6 is 11.8 Å². The van der Waals surface area contributed by atoms with Gasteiger partial charge in [-0.1, -0.05) is 30.3 Å². The summed E-state index contributed by atoms with van der Waals surface area (Å²) in [5.74, 6) is 0.825. The van der Waals surface area contributed by atoms with Crippen molar-refractivity contribution < 1.29 is 23.8 Å². The monoisotopic (exact) mass is 475 g/mol. The van der Waals surface area contributed by atoms with Crippen molar-refractivity contribution in [3.63, 3.8) is 0 Å². The maximum Gasteiger partial charge on any atom is 0.304 e. The lowest BCUT2D eigenvalue weighted by Gasteiger charge is -2.19. The number of benzene rings is 3. The zero-order chi connectivity index (χ0) is 23.5. The Labute approximate surface area is 200 Å². The molecule has 34 heavy (non-hydrogen) atoms. The van der Waals surface area contributed by atoms with Crippen molar-refractivity contribution in [1.29, 1.82) is 0 Å². The van der Waals surface area contributed by atoms with Crippen LogP contribution in [0.2, 0.25) is 0 Å². The van der Waals surface area contributed by atoms with Crippen LogP contribution in [0.3, 0.4) is 0 Å². The standard InChI is InChI=1S/C27H22FNO4S/c28-19-6-9-24-17(13-19)5-7-20(29-24)16-32-21-8-10-25-23(14-21)27(34-12-11-26(30)31)22-4-2-1-3-18(22)15-33-25/h1-10,13-14,27H,11-12,15-16H2,(H,30,31). The number of ether oxygens (including phenoxy) is 2. The first-order valence-corrected chi connectivity index (χ1v) is 12.0. The number of thioether (sulfide) groups is 1. The van der Waals surface area contributed by atoms with Crippen LogP contribution in [0.25, 0.3) is 10.9 Å². The topological polar surface area (TPSA) is 68.7 Å². The molecule has 0 saturated carbocycles. The Bertz CT molecular complexity index is 1360. The number of aliphatic carboxylic acids is 1. The van der Waals surface area contributed by atoms with Crippen LogP contribution in [-0.4, -0.2) is 21.8 Å². The lowest BCUT2D eigenvalue weighted by atomic mass is 10.00. The van der Waals surface area contributed by atoms with E-state index in [0.717, 1.165) is 33.5 Å². The second kappa shape index (κ2) is 9.73. The molecule has 0 fully saturated rings. The molecule has 1 aliphatic rings. The second-order valence-corrected chi connectivity index (χ2v) is 9.22. The summed E-state index contributed by atoms with van der Waals surface area (Å²) in [6, 6.07) is 22.0. The lowest BCUT2D eigenvalue weighted by molar-refractivity contribution is -0.136. The van der Waals surface area contributed by atoms with Gasteiger partial charge in [0.05, 0.1) is 22.9 Å². The summed E-state index contributed by atoms with van der Waals surface area (Å²) < 4.78 is 25.6. The van der Waals surface area contributed by atoms with Gasteiger partial charge in [-0.15, -0.1) is 11.8 Å². The molecular weight excluding hydrogens is 453 g/mol. The van der Waals surface area contributed by atoms with E-state index in [9.17, 15) is 9.18 Å². The van der Waals surface area contributed by atoms with Crippen LogP contribution < -0.4 is 9.47 Å². The Morgan fingerprint density at radius 3 is 2.85 bits per heavy atom. The van der Waals surface area contributed by atoms with Gasteiger partial charge in [0.25, 0.3) is 0 Å². The summed E-state index contributed by atoms with van der Waals surface area (Å²) in [5, 5.41) is 9.79. The van der Waals surface area contributed by atoms with E-state index in [4.69, 9.17) is 14.6 Å². The molecule has 0 bridgehead atoms. The molecule has 1 N–H and O–H groups in total. The van der Waals surface area contributed by atoms with Crippen LogP contribution in [0, 0.1) is 5.82 Å². The quantitative estimate of drug-likeness (QED) is 0.346. The number of nitrogens with zero attached hydrogens (tertiary/aromatic N) is 1. The molecule has 0 radical (unpaired) electrons. The number of halogens is 1. The van der Waals surface area contributed by atoms with Gasteiger partial charge in [-0.3, -0.25) is 4.79 Å². The van der Waals surface area contributed by atoms with Crippen molar-refractivity contribution in [2.45, 2.75) is 24.9 Å². The van der Waals surface area contributed by atoms with Gasteiger partial charge in [-0.05, 0) is 53.6 Å². The van der Waals surface area contributed by atoms with Gasteiger partial charge >= 0.3 is 5.97 Å². The summed E-state index contributed by atoms with van der Waals surface area (Å²) in [7, 11) is 0. The first-order valence-electron chi connectivity index (χ1n) is 10.9. The van der Waals surface area contributed by atoms with Gasteiger partial charge in [0.2, 0.25) is 0 Å². The highest BCUT2D eigenvalue weighted by atomic mass is 32.2. The fraction of sp³-hybridized carbons (Fsp3) is 0.185. The van der Waals surface area contributed by atoms with E-state index in [1.54, 1.807) is 17.8 Å². The van der Waals surface area contributed by atoms with Gasteiger partial charge in [0, 0.05) is 16.7 Å². The van der Waals surface area contributed by atoms with E-state index in [1.807, 2.05) is 48.5 Å².